The highest BCUT2D eigenvalue weighted by atomic mass is 16.2. The fourth-order valence-electron chi connectivity index (χ4n) is 2.51. The van der Waals surface area contributed by atoms with Crippen LogP contribution in [0, 0.1) is 5.92 Å². The average Bonchev–Trinajstić information content (AvgIpc) is 2.41. The smallest absolute Gasteiger partial charge is 0.248 e. The van der Waals surface area contributed by atoms with E-state index in [0.29, 0.717) is 18.2 Å². The summed E-state index contributed by atoms with van der Waals surface area (Å²) in [5.41, 5.74) is -0.890. The predicted molar refractivity (Wildman–Crippen MR) is 78.0 cm³/mol. The highest BCUT2D eigenvalue weighted by molar-refractivity contribution is 5.99. The van der Waals surface area contributed by atoms with Crippen molar-refractivity contribution in [3.8, 4) is 0 Å². The lowest BCUT2D eigenvalue weighted by Crippen LogP contribution is -2.67. The van der Waals surface area contributed by atoms with Crippen molar-refractivity contribution < 1.29 is 9.59 Å². The van der Waals surface area contributed by atoms with Crippen molar-refractivity contribution in [1.29, 1.82) is 0 Å². The molecule has 0 aliphatic carbocycles. The maximum atomic E-state index is 12.6. The third-order valence-electron chi connectivity index (χ3n) is 3.54. The van der Waals surface area contributed by atoms with Gasteiger partial charge in [-0.25, -0.2) is 9.97 Å². The Morgan fingerprint density at radius 3 is 2.48 bits per heavy atom. The molecule has 2 rings (SSSR count). The van der Waals surface area contributed by atoms with Crippen LogP contribution in [0.5, 0.6) is 0 Å². The molecular formula is C15H22N4O2. The van der Waals surface area contributed by atoms with Crippen LogP contribution in [-0.2, 0) is 16.1 Å². The summed E-state index contributed by atoms with van der Waals surface area (Å²) in [5.74, 6) is 0.656. The zero-order valence-corrected chi connectivity index (χ0v) is 13.0. The van der Waals surface area contributed by atoms with Crippen LogP contribution in [0.4, 0.5) is 0 Å². The molecule has 0 radical (unpaired) electrons. The summed E-state index contributed by atoms with van der Waals surface area (Å²) in [4.78, 5) is 34.9. The van der Waals surface area contributed by atoms with E-state index in [0.717, 1.165) is 0 Å². The molecule has 114 valence electrons. The van der Waals surface area contributed by atoms with Crippen LogP contribution in [0.3, 0.4) is 0 Å². The number of amides is 2. The molecule has 1 aliphatic rings. The number of carbonyl (C=O) groups is 2. The molecule has 1 aromatic heterocycles. The summed E-state index contributed by atoms with van der Waals surface area (Å²) >= 11 is 0. The number of carbonyl (C=O) groups excluding carboxylic acids is 2. The number of hydrogen-bond acceptors (Lipinski definition) is 4. The molecule has 1 fully saturated rings. The highest BCUT2D eigenvalue weighted by Gasteiger charge is 2.45. The average molecular weight is 290 g/mol. The third-order valence-corrected chi connectivity index (χ3v) is 3.54. The van der Waals surface area contributed by atoms with E-state index in [4.69, 9.17) is 0 Å². The van der Waals surface area contributed by atoms with Gasteiger partial charge in [-0.05, 0) is 32.3 Å². The molecule has 0 aromatic carbocycles. The minimum atomic E-state index is -0.890. The number of piperazine rings is 1. The zero-order chi connectivity index (χ0) is 15.6. The summed E-state index contributed by atoms with van der Waals surface area (Å²) in [6, 6.07) is 1.26. The van der Waals surface area contributed by atoms with Gasteiger partial charge in [0.05, 0.1) is 6.54 Å². The molecule has 1 unspecified atom stereocenters. The van der Waals surface area contributed by atoms with E-state index in [1.807, 2.05) is 13.8 Å². The molecular weight excluding hydrogens is 268 g/mol. The van der Waals surface area contributed by atoms with Crippen LogP contribution in [-0.4, -0.2) is 38.3 Å². The molecule has 6 heteroatoms. The van der Waals surface area contributed by atoms with Gasteiger partial charge in [0, 0.05) is 12.4 Å². The molecule has 1 atom stereocenters. The van der Waals surface area contributed by atoms with E-state index in [2.05, 4.69) is 15.3 Å². The Morgan fingerprint density at radius 2 is 1.90 bits per heavy atom. The maximum Gasteiger partial charge on any atom is 0.248 e. The van der Waals surface area contributed by atoms with Gasteiger partial charge in [-0.1, -0.05) is 13.8 Å². The monoisotopic (exact) mass is 290 g/mol. The van der Waals surface area contributed by atoms with E-state index in [9.17, 15) is 9.59 Å². The second-order valence-electron chi connectivity index (χ2n) is 6.36. The van der Waals surface area contributed by atoms with Gasteiger partial charge in [-0.2, -0.15) is 0 Å². The van der Waals surface area contributed by atoms with E-state index >= 15 is 0 Å². The highest BCUT2D eigenvalue weighted by Crippen LogP contribution is 2.23. The summed E-state index contributed by atoms with van der Waals surface area (Å²) in [5, 5.41) is 2.81. The Kier molecular flexibility index (Phi) is 4.25. The first-order valence-corrected chi connectivity index (χ1v) is 7.20. The second kappa shape index (κ2) is 5.79. The van der Waals surface area contributed by atoms with Gasteiger partial charge < -0.3 is 10.2 Å². The third kappa shape index (κ3) is 3.37. The molecule has 21 heavy (non-hydrogen) atoms. The van der Waals surface area contributed by atoms with Crippen molar-refractivity contribution in [3.05, 3.63) is 24.3 Å². The predicted octanol–water partition coefficient (Wildman–Crippen LogP) is 1.13. The molecule has 0 spiro atoms. The molecule has 6 nitrogen and oxygen atoms in total. The first-order valence-electron chi connectivity index (χ1n) is 7.20. The summed E-state index contributed by atoms with van der Waals surface area (Å²) in [6.07, 6.45) is 3.90. The minimum Gasteiger partial charge on any atom is -0.340 e. The van der Waals surface area contributed by atoms with Crippen molar-refractivity contribution in [2.45, 2.75) is 52.2 Å². The van der Waals surface area contributed by atoms with Crippen LogP contribution in [0.15, 0.2) is 18.5 Å². The Bertz CT molecular complexity index is 528. The van der Waals surface area contributed by atoms with Crippen LogP contribution in [0.25, 0.3) is 0 Å². The number of aromatic nitrogens is 2. The van der Waals surface area contributed by atoms with Gasteiger partial charge in [0.2, 0.25) is 11.8 Å². The summed E-state index contributed by atoms with van der Waals surface area (Å²) in [7, 11) is 0. The Morgan fingerprint density at radius 1 is 1.29 bits per heavy atom. The zero-order valence-electron chi connectivity index (χ0n) is 13.0. The van der Waals surface area contributed by atoms with Crippen LogP contribution >= 0.6 is 0 Å². The first-order chi connectivity index (χ1) is 9.81. The molecule has 2 amide bonds. The van der Waals surface area contributed by atoms with Gasteiger partial charge >= 0.3 is 0 Å². The lowest BCUT2D eigenvalue weighted by Gasteiger charge is -2.43. The fraction of sp³-hybridized carbons (Fsp3) is 0.600. The van der Waals surface area contributed by atoms with Crippen LogP contribution in [0.1, 0.15) is 39.9 Å². The molecule has 1 aromatic rings. The van der Waals surface area contributed by atoms with Crippen molar-refractivity contribution in [3.63, 3.8) is 0 Å². The standard InChI is InChI=1S/C15H22N4O2/c1-10(2)8-11-13(20)18-15(3,4)14(21)19(11)9-12-16-6-5-7-17-12/h5-7,10-11H,8-9H2,1-4H3,(H,18,20). The van der Waals surface area contributed by atoms with Gasteiger partial charge in [0.1, 0.15) is 17.4 Å². The minimum absolute atomic E-state index is 0.0970. The van der Waals surface area contributed by atoms with Crippen molar-refractivity contribution in [2.75, 3.05) is 0 Å². The molecule has 1 saturated heterocycles. The van der Waals surface area contributed by atoms with Crippen molar-refractivity contribution in [2.24, 2.45) is 5.92 Å². The fourth-order valence-corrected chi connectivity index (χ4v) is 2.51. The lowest BCUT2D eigenvalue weighted by molar-refractivity contribution is -0.155. The van der Waals surface area contributed by atoms with E-state index < -0.39 is 11.6 Å². The molecule has 1 N–H and O–H groups in total. The van der Waals surface area contributed by atoms with Gasteiger partial charge in [0.15, 0.2) is 0 Å². The topological polar surface area (TPSA) is 75.2 Å². The first kappa shape index (κ1) is 15.4. The molecule has 0 saturated carbocycles. The largest absolute Gasteiger partial charge is 0.340 e. The van der Waals surface area contributed by atoms with Crippen LogP contribution in [0.2, 0.25) is 0 Å². The quantitative estimate of drug-likeness (QED) is 0.902. The Hall–Kier alpha value is -1.98. The maximum absolute atomic E-state index is 12.6. The van der Waals surface area contributed by atoms with E-state index in [1.54, 1.807) is 37.2 Å². The summed E-state index contributed by atoms with van der Waals surface area (Å²) in [6.45, 7) is 7.77. The molecule has 1 aliphatic heterocycles. The number of rotatable bonds is 4. The van der Waals surface area contributed by atoms with Crippen molar-refractivity contribution >= 4 is 11.8 Å². The second-order valence-corrected chi connectivity index (χ2v) is 6.36. The van der Waals surface area contributed by atoms with Crippen LogP contribution < -0.4 is 5.32 Å². The SMILES string of the molecule is CC(C)CC1C(=O)NC(C)(C)C(=O)N1Cc1ncccn1. The number of nitrogens with one attached hydrogen (secondary N) is 1. The van der Waals surface area contributed by atoms with Crippen molar-refractivity contribution in [1.82, 2.24) is 20.2 Å². The van der Waals surface area contributed by atoms with E-state index in [1.165, 1.54) is 0 Å². The van der Waals surface area contributed by atoms with Gasteiger partial charge in [0.25, 0.3) is 0 Å². The lowest BCUT2D eigenvalue weighted by atomic mass is 9.92. The van der Waals surface area contributed by atoms with E-state index in [-0.39, 0.29) is 18.4 Å². The van der Waals surface area contributed by atoms with Gasteiger partial charge in [-0.15, -0.1) is 0 Å². The molecule has 2 heterocycles. The normalized spacial score (nSPS) is 21.6. The summed E-state index contributed by atoms with van der Waals surface area (Å²) < 4.78 is 0. The number of nitrogens with zero attached hydrogens (tertiary/aromatic N) is 3. The Labute approximate surface area is 125 Å². The molecule has 0 bridgehead atoms. The van der Waals surface area contributed by atoms with Gasteiger partial charge in [-0.3, -0.25) is 9.59 Å². The Balaban J connectivity index is 2.29. The number of hydrogen-bond donors (Lipinski definition) is 1.